The fourth-order valence-corrected chi connectivity index (χ4v) is 1.34. The van der Waals surface area contributed by atoms with E-state index >= 15 is 0 Å². The van der Waals surface area contributed by atoms with Gasteiger partial charge in [-0.3, -0.25) is 0 Å². The van der Waals surface area contributed by atoms with Crippen molar-refractivity contribution in [1.82, 2.24) is 0 Å². The average Bonchev–Trinajstić information content (AvgIpc) is 2.38. The summed E-state index contributed by atoms with van der Waals surface area (Å²) < 4.78 is 10.7. The zero-order valence-electron chi connectivity index (χ0n) is 9.77. The van der Waals surface area contributed by atoms with Crippen LogP contribution < -0.4 is 9.47 Å². The summed E-state index contributed by atoms with van der Waals surface area (Å²) in [5, 5.41) is 17.1. The van der Waals surface area contributed by atoms with Crippen molar-refractivity contribution >= 4 is 0 Å². The molecule has 0 fully saturated rings. The summed E-state index contributed by atoms with van der Waals surface area (Å²) in [6, 6.07) is 9.18. The number of unbranched alkanes of at least 4 members (excludes halogenated alkanes) is 2. The molecule has 4 nitrogen and oxygen atoms in total. The third kappa shape index (κ3) is 4.04. The third-order valence-corrected chi connectivity index (χ3v) is 2.23. The first-order valence-electron chi connectivity index (χ1n) is 5.39. The Bertz CT molecular complexity index is 444. The molecular weight excluding hydrogens is 216 g/mol. The van der Waals surface area contributed by atoms with Crippen LogP contribution in [-0.4, -0.2) is 13.7 Å². The Morgan fingerprint density at radius 2 is 2.00 bits per heavy atom. The van der Waals surface area contributed by atoms with Crippen LogP contribution >= 0.6 is 0 Å². The molecule has 1 rings (SSSR count). The van der Waals surface area contributed by atoms with E-state index in [9.17, 15) is 0 Å². The Labute approximate surface area is 101 Å². The first kappa shape index (κ1) is 12.9. The maximum Gasteiger partial charge on any atom is 0.162 e. The van der Waals surface area contributed by atoms with Gasteiger partial charge in [0.15, 0.2) is 11.5 Å². The summed E-state index contributed by atoms with van der Waals surface area (Å²) in [5.41, 5.74) is 0.540. The Morgan fingerprint density at radius 3 is 2.65 bits per heavy atom. The highest BCUT2D eigenvalue weighted by atomic mass is 16.5. The molecule has 0 N–H and O–H groups in total. The van der Waals surface area contributed by atoms with Gasteiger partial charge in [0.2, 0.25) is 0 Å². The summed E-state index contributed by atoms with van der Waals surface area (Å²) in [5.74, 6) is 1.19. The molecule has 0 radical (unpaired) electrons. The lowest BCUT2D eigenvalue weighted by Gasteiger charge is -2.10. The zero-order chi connectivity index (χ0) is 12.5. The number of hydrogen-bond acceptors (Lipinski definition) is 4. The average molecular weight is 230 g/mol. The number of rotatable bonds is 6. The largest absolute Gasteiger partial charge is 0.493 e. The molecule has 0 bridgehead atoms. The van der Waals surface area contributed by atoms with Crippen molar-refractivity contribution in [2.24, 2.45) is 0 Å². The van der Waals surface area contributed by atoms with Crippen molar-refractivity contribution in [3.63, 3.8) is 0 Å². The summed E-state index contributed by atoms with van der Waals surface area (Å²) in [7, 11) is 1.54. The van der Waals surface area contributed by atoms with E-state index in [0.717, 1.165) is 12.8 Å². The second kappa shape index (κ2) is 7.14. The van der Waals surface area contributed by atoms with Crippen LogP contribution in [-0.2, 0) is 0 Å². The number of hydrogen-bond donors (Lipinski definition) is 0. The molecule has 0 aliphatic carbocycles. The van der Waals surface area contributed by atoms with Crippen LogP contribution in [0, 0.1) is 22.7 Å². The number of nitrogens with zero attached hydrogens (tertiary/aromatic N) is 2. The lowest BCUT2D eigenvalue weighted by Crippen LogP contribution is -1.99. The van der Waals surface area contributed by atoms with E-state index < -0.39 is 0 Å². The van der Waals surface area contributed by atoms with Crippen LogP contribution in [0.3, 0.4) is 0 Å². The van der Waals surface area contributed by atoms with Crippen molar-refractivity contribution < 1.29 is 9.47 Å². The summed E-state index contributed by atoms with van der Waals surface area (Å²) in [6.07, 6.45) is 2.21. The van der Waals surface area contributed by atoms with Gasteiger partial charge in [0, 0.05) is 12.5 Å². The van der Waals surface area contributed by atoms with Crippen LogP contribution in [0.15, 0.2) is 18.2 Å². The van der Waals surface area contributed by atoms with Gasteiger partial charge in [-0.1, -0.05) is 0 Å². The minimum Gasteiger partial charge on any atom is -0.493 e. The number of methoxy groups -OCH3 is 1. The molecule has 4 heteroatoms. The molecule has 1 aromatic carbocycles. The molecule has 0 unspecified atom stereocenters. The molecule has 88 valence electrons. The maximum absolute atomic E-state index is 8.74. The van der Waals surface area contributed by atoms with Crippen molar-refractivity contribution in [2.45, 2.75) is 19.3 Å². The summed E-state index contributed by atoms with van der Waals surface area (Å²) >= 11 is 0. The summed E-state index contributed by atoms with van der Waals surface area (Å²) in [4.78, 5) is 0. The minimum absolute atomic E-state index is 0.540. The molecule has 0 amide bonds. The van der Waals surface area contributed by atoms with Gasteiger partial charge < -0.3 is 9.47 Å². The van der Waals surface area contributed by atoms with E-state index in [1.807, 2.05) is 6.07 Å². The molecule has 17 heavy (non-hydrogen) atoms. The van der Waals surface area contributed by atoms with Crippen LogP contribution in [0.5, 0.6) is 11.5 Å². The van der Waals surface area contributed by atoms with Gasteiger partial charge in [0.05, 0.1) is 31.4 Å². The van der Waals surface area contributed by atoms with Gasteiger partial charge in [-0.05, 0) is 25.0 Å². The SMILES string of the molecule is COc1cc(C#N)ccc1OCCCCC#N. The van der Waals surface area contributed by atoms with E-state index in [1.165, 1.54) is 0 Å². The van der Waals surface area contributed by atoms with Crippen molar-refractivity contribution in [2.75, 3.05) is 13.7 Å². The Morgan fingerprint density at radius 1 is 1.18 bits per heavy atom. The van der Waals surface area contributed by atoms with E-state index in [4.69, 9.17) is 20.0 Å². The molecule has 0 spiro atoms. The quantitative estimate of drug-likeness (QED) is 0.704. The predicted octanol–water partition coefficient (Wildman–Crippen LogP) is 2.64. The first-order valence-corrected chi connectivity index (χ1v) is 5.39. The van der Waals surface area contributed by atoms with Crippen molar-refractivity contribution in [3.8, 4) is 23.6 Å². The minimum atomic E-state index is 0.540. The highest BCUT2D eigenvalue weighted by molar-refractivity contribution is 5.46. The van der Waals surface area contributed by atoms with E-state index in [1.54, 1.807) is 25.3 Å². The molecule has 0 saturated heterocycles. The van der Waals surface area contributed by atoms with Gasteiger partial charge in [-0.2, -0.15) is 10.5 Å². The van der Waals surface area contributed by atoms with Gasteiger partial charge in [-0.25, -0.2) is 0 Å². The monoisotopic (exact) mass is 230 g/mol. The van der Waals surface area contributed by atoms with Gasteiger partial charge in [-0.15, -0.1) is 0 Å². The topological polar surface area (TPSA) is 66.0 Å². The third-order valence-electron chi connectivity index (χ3n) is 2.23. The lowest BCUT2D eigenvalue weighted by atomic mass is 10.2. The van der Waals surface area contributed by atoms with Crippen molar-refractivity contribution in [3.05, 3.63) is 23.8 Å². The molecule has 0 aliphatic heterocycles. The van der Waals surface area contributed by atoms with Gasteiger partial charge in [0.25, 0.3) is 0 Å². The number of benzene rings is 1. The smallest absolute Gasteiger partial charge is 0.162 e. The van der Waals surface area contributed by atoms with Crippen LogP contribution in [0.1, 0.15) is 24.8 Å². The Kier molecular flexibility index (Phi) is 5.40. The van der Waals surface area contributed by atoms with Gasteiger partial charge in [0.1, 0.15) is 0 Å². The van der Waals surface area contributed by atoms with E-state index in [-0.39, 0.29) is 0 Å². The fraction of sp³-hybridized carbons (Fsp3) is 0.385. The van der Waals surface area contributed by atoms with Crippen LogP contribution in [0.25, 0.3) is 0 Å². The highest BCUT2D eigenvalue weighted by Gasteiger charge is 2.05. The Balaban J connectivity index is 2.53. The van der Waals surface area contributed by atoms with E-state index in [0.29, 0.717) is 30.1 Å². The normalized spacial score (nSPS) is 9.12. The maximum atomic E-state index is 8.74. The standard InChI is InChI=1S/C13H14N2O2/c1-16-13-9-11(10-15)5-6-12(13)17-8-4-2-3-7-14/h5-6,9H,2-4,8H2,1H3. The predicted molar refractivity (Wildman–Crippen MR) is 62.7 cm³/mol. The van der Waals surface area contributed by atoms with Crippen LogP contribution in [0.2, 0.25) is 0 Å². The number of ether oxygens (including phenoxy) is 2. The van der Waals surface area contributed by atoms with Crippen LogP contribution in [0.4, 0.5) is 0 Å². The second-order valence-corrected chi connectivity index (χ2v) is 3.44. The molecular formula is C13H14N2O2. The zero-order valence-corrected chi connectivity index (χ0v) is 9.77. The molecule has 0 aliphatic rings. The van der Waals surface area contributed by atoms with E-state index in [2.05, 4.69) is 6.07 Å². The fourth-order valence-electron chi connectivity index (χ4n) is 1.34. The second-order valence-electron chi connectivity index (χ2n) is 3.44. The first-order chi connectivity index (χ1) is 8.31. The molecule has 0 atom stereocenters. The molecule has 0 saturated carbocycles. The number of nitriles is 2. The highest BCUT2D eigenvalue weighted by Crippen LogP contribution is 2.27. The molecule has 1 aromatic rings. The lowest BCUT2D eigenvalue weighted by molar-refractivity contribution is 0.287. The summed E-state index contributed by atoms with van der Waals surface area (Å²) in [6.45, 7) is 0.546. The Hall–Kier alpha value is -2.20. The van der Waals surface area contributed by atoms with Crippen molar-refractivity contribution in [1.29, 1.82) is 10.5 Å². The molecule has 0 heterocycles. The molecule has 0 aromatic heterocycles. The van der Waals surface area contributed by atoms with Gasteiger partial charge >= 0.3 is 0 Å².